The first-order valence-electron chi connectivity index (χ1n) is 12.2. The Bertz CT molecular complexity index is 1690. The van der Waals surface area contributed by atoms with Crippen molar-refractivity contribution in [1.82, 2.24) is 9.88 Å². The molecule has 0 aliphatic carbocycles. The molecule has 1 N–H and O–H groups in total. The van der Waals surface area contributed by atoms with E-state index in [9.17, 15) is 21.6 Å². The van der Waals surface area contributed by atoms with Gasteiger partial charge in [-0.1, -0.05) is 17.7 Å². The Hall–Kier alpha value is -3.06. The standard InChI is InChI=1S/C27H25ClF3N3O4S2/c1-15-4-6-18-19(7-9-22(37-3)25(18)32-15)26-21(28)13-24(39-26)40(35,36)33-16-5-8-20(27(29,30)31)23(12-16)38-17-10-11-34(2)14-17/h4-9,12-13,17,33H,10-11,14H2,1-3H3/t17-/m1/s1. The third kappa shape index (κ3) is 5.71. The number of ether oxygens (including phenoxy) is 2. The zero-order valence-electron chi connectivity index (χ0n) is 21.7. The van der Waals surface area contributed by atoms with Crippen molar-refractivity contribution in [3.63, 3.8) is 0 Å². The first-order valence-corrected chi connectivity index (χ1v) is 14.9. The van der Waals surface area contributed by atoms with E-state index in [-0.39, 0.29) is 14.9 Å². The normalized spacial score (nSPS) is 16.4. The van der Waals surface area contributed by atoms with Crippen molar-refractivity contribution in [3.05, 3.63) is 64.8 Å². The highest BCUT2D eigenvalue weighted by molar-refractivity contribution is 7.94. The van der Waals surface area contributed by atoms with E-state index >= 15 is 0 Å². The number of pyridine rings is 1. The van der Waals surface area contributed by atoms with Crippen molar-refractivity contribution in [2.75, 3.05) is 32.0 Å². The minimum absolute atomic E-state index is 0.0602. The Balaban J connectivity index is 1.48. The number of nitrogens with zero attached hydrogens (tertiary/aromatic N) is 2. The smallest absolute Gasteiger partial charge is 0.419 e. The fourth-order valence-corrected chi connectivity index (χ4v) is 7.51. The predicted octanol–water partition coefficient (Wildman–Crippen LogP) is 6.84. The second-order valence-electron chi connectivity index (χ2n) is 9.51. The van der Waals surface area contributed by atoms with E-state index in [1.807, 2.05) is 31.0 Å². The van der Waals surface area contributed by atoms with Crippen LogP contribution in [0.15, 0.2) is 52.7 Å². The number of alkyl halides is 3. The number of halogens is 4. The molecule has 1 atom stereocenters. The lowest BCUT2D eigenvalue weighted by atomic mass is 10.1. The van der Waals surface area contributed by atoms with E-state index in [0.29, 0.717) is 41.2 Å². The number of anilines is 1. The zero-order chi connectivity index (χ0) is 28.8. The van der Waals surface area contributed by atoms with Crippen LogP contribution in [0.1, 0.15) is 17.7 Å². The van der Waals surface area contributed by atoms with Crippen LogP contribution in [0.4, 0.5) is 18.9 Å². The van der Waals surface area contributed by atoms with E-state index < -0.39 is 33.6 Å². The number of hydrogen-bond acceptors (Lipinski definition) is 7. The number of likely N-dealkylation sites (tertiary alicyclic amines) is 1. The minimum atomic E-state index is -4.66. The molecule has 2 aromatic carbocycles. The quantitative estimate of drug-likeness (QED) is 0.247. The van der Waals surface area contributed by atoms with E-state index in [1.54, 1.807) is 12.1 Å². The summed E-state index contributed by atoms with van der Waals surface area (Å²) in [5, 5.41) is 0.937. The first kappa shape index (κ1) is 28.5. The molecule has 0 amide bonds. The van der Waals surface area contributed by atoms with Crippen LogP contribution in [0, 0.1) is 6.92 Å². The minimum Gasteiger partial charge on any atom is -0.494 e. The van der Waals surface area contributed by atoms with E-state index in [4.69, 9.17) is 21.1 Å². The molecule has 212 valence electrons. The van der Waals surface area contributed by atoms with E-state index in [1.165, 1.54) is 13.2 Å². The summed E-state index contributed by atoms with van der Waals surface area (Å²) in [7, 11) is -0.807. The van der Waals surface area contributed by atoms with Gasteiger partial charge in [0.15, 0.2) is 0 Å². The summed E-state index contributed by atoms with van der Waals surface area (Å²) < 4.78 is 81.1. The molecule has 5 rings (SSSR count). The third-order valence-electron chi connectivity index (χ3n) is 6.53. The number of sulfonamides is 1. The summed E-state index contributed by atoms with van der Waals surface area (Å²) >= 11 is 7.46. The van der Waals surface area contributed by atoms with Crippen LogP contribution >= 0.6 is 22.9 Å². The van der Waals surface area contributed by atoms with Crippen LogP contribution in [-0.4, -0.2) is 51.7 Å². The van der Waals surface area contributed by atoms with Gasteiger partial charge in [-0.25, -0.2) is 13.4 Å². The van der Waals surface area contributed by atoms with Crippen molar-refractivity contribution in [2.24, 2.45) is 0 Å². The van der Waals surface area contributed by atoms with Crippen molar-refractivity contribution >= 4 is 49.6 Å². The Morgan fingerprint density at radius 3 is 2.58 bits per heavy atom. The molecule has 1 saturated heterocycles. The Morgan fingerprint density at radius 1 is 1.12 bits per heavy atom. The summed E-state index contributed by atoms with van der Waals surface area (Å²) in [4.78, 5) is 7.01. The molecule has 7 nitrogen and oxygen atoms in total. The lowest BCUT2D eigenvalue weighted by Crippen LogP contribution is -2.23. The zero-order valence-corrected chi connectivity index (χ0v) is 24.1. The lowest BCUT2D eigenvalue weighted by Gasteiger charge is -2.19. The Kier molecular flexibility index (Phi) is 7.64. The number of benzene rings is 2. The van der Waals surface area contributed by atoms with Crippen LogP contribution in [0.5, 0.6) is 11.5 Å². The van der Waals surface area contributed by atoms with Crippen LogP contribution < -0.4 is 14.2 Å². The van der Waals surface area contributed by atoms with Gasteiger partial charge >= 0.3 is 6.18 Å². The SMILES string of the molecule is COc1ccc(-c2sc(S(=O)(=O)Nc3ccc(C(F)(F)F)c(O[C@@H]4CCN(C)C4)c3)cc2Cl)c2ccc(C)nc12. The maximum absolute atomic E-state index is 13.7. The van der Waals surface area contributed by atoms with Gasteiger partial charge in [-0.15, -0.1) is 11.3 Å². The number of thiophene rings is 1. The summed E-state index contributed by atoms with van der Waals surface area (Å²) in [6.45, 7) is 3.02. The van der Waals surface area contributed by atoms with Crippen molar-refractivity contribution < 1.29 is 31.1 Å². The van der Waals surface area contributed by atoms with E-state index in [2.05, 4.69) is 9.71 Å². The van der Waals surface area contributed by atoms with Gasteiger partial charge in [-0.3, -0.25) is 4.72 Å². The molecule has 0 radical (unpaired) electrons. The van der Waals surface area contributed by atoms with Crippen molar-refractivity contribution in [1.29, 1.82) is 0 Å². The number of likely N-dealkylation sites (N-methyl/N-ethyl adjacent to an activating group) is 1. The van der Waals surface area contributed by atoms with Gasteiger partial charge in [0.1, 0.15) is 27.3 Å². The highest BCUT2D eigenvalue weighted by atomic mass is 35.5. The Labute approximate surface area is 238 Å². The first-order chi connectivity index (χ1) is 18.9. The molecule has 1 aliphatic rings. The third-order valence-corrected chi connectivity index (χ3v) is 9.97. The van der Waals surface area contributed by atoms with Crippen LogP contribution in [0.3, 0.4) is 0 Å². The number of hydrogen-bond donors (Lipinski definition) is 1. The number of methoxy groups -OCH3 is 1. The highest BCUT2D eigenvalue weighted by Crippen LogP contribution is 2.44. The van der Waals surface area contributed by atoms with Crippen molar-refractivity contribution in [2.45, 2.75) is 29.8 Å². The topological polar surface area (TPSA) is 80.8 Å². The molecule has 4 aromatic rings. The number of fused-ring (bicyclic) bond motifs is 1. The molecule has 0 saturated carbocycles. The summed E-state index contributed by atoms with van der Waals surface area (Å²) in [6, 6.07) is 11.5. The maximum atomic E-state index is 13.7. The summed E-state index contributed by atoms with van der Waals surface area (Å²) in [5.41, 5.74) is 1.04. The second-order valence-corrected chi connectivity index (χ2v) is 12.9. The predicted molar refractivity (Wildman–Crippen MR) is 150 cm³/mol. The molecule has 13 heteroatoms. The van der Waals surface area contributed by atoms with Gasteiger partial charge < -0.3 is 14.4 Å². The molecule has 3 heterocycles. The molecular formula is C27H25ClF3N3O4S2. The van der Waals surface area contributed by atoms with Crippen LogP contribution in [0.25, 0.3) is 21.3 Å². The van der Waals surface area contributed by atoms with Gasteiger partial charge in [0.2, 0.25) is 0 Å². The molecular weight excluding hydrogens is 587 g/mol. The molecule has 1 aliphatic heterocycles. The van der Waals surface area contributed by atoms with Gasteiger partial charge in [0.05, 0.1) is 28.3 Å². The molecule has 0 unspecified atom stereocenters. The van der Waals surface area contributed by atoms with Crippen molar-refractivity contribution in [3.8, 4) is 21.9 Å². The number of rotatable bonds is 7. The second kappa shape index (κ2) is 10.7. The molecule has 0 spiro atoms. The average Bonchev–Trinajstić information content (AvgIpc) is 3.47. The monoisotopic (exact) mass is 611 g/mol. The summed E-state index contributed by atoms with van der Waals surface area (Å²) in [6.07, 6.45) is -4.54. The molecule has 0 bridgehead atoms. The largest absolute Gasteiger partial charge is 0.494 e. The number of aryl methyl sites for hydroxylation is 1. The molecule has 2 aromatic heterocycles. The van der Waals surface area contributed by atoms with E-state index in [0.717, 1.165) is 40.6 Å². The summed E-state index contributed by atoms with van der Waals surface area (Å²) in [5.74, 6) is 0.139. The van der Waals surface area contributed by atoms with Gasteiger partial charge in [0, 0.05) is 35.8 Å². The average molecular weight is 612 g/mol. The van der Waals surface area contributed by atoms with Gasteiger partial charge in [-0.05, 0) is 56.8 Å². The number of nitrogens with one attached hydrogen (secondary N) is 1. The lowest BCUT2D eigenvalue weighted by molar-refractivity contribution is -0.139. The number of aromatic nitrogens is 1. The fraction of sp³-hybridized carbons (Fsp3) is 0.296. The highest BCUT2D eigenvalue weighted by Gasteiger charge is 2.36. The Morgan fingerprint density at radius 2 is 1.90 bits per heavy atom. The van der Waals surface area contributed by atoms with Crippen LogP contribution in [0.2, 0.25) is 5.02 Å². The fourth-order valence-electron chi connectivity index (χ4n) is 4.61. The van der Waals surface area contributed by atoms with Gasteiger partial charge in [0.25, 0.3) is 10.0 Å². The molecule has 40 heavy (non-hydrogen) atoms. The molecule has 1 fully saturated rings. The van der Waals surface area contributed by atoms with Crippen LogP contribution in [-0.2, 0) is 16.2 Å². The maximum Gasteiger partial charge on any atom is 0.419 e. The van der Waals surface area contributed by atoms with Gasteiger partial charge in [-0.2, -0.15) is 13.2 Å².